The van der Waals surface area contributed by atoms with Crippen molar-refractivity contribution in [2.24, 2.45) is 0 Å². The number of hydrogen-bond donors (Lipinski definition) is 0. The second-order valence-electron chi connectivity index (χ2n) is 10.5. The van der Waals surface area contributed by atoms with Gasteiger partial charge in [-0.25, -0.2) is 9.67 Å². The highest BCUT2D eigenvalue weighted by molar-refractivity contribution is 7.16. The van der Waals surface area contributed by atoms with Crippen LogP contribution in [-0.4, -0.2) is 56.7 Å². The molecule has 3 aromatic rings. The maximum atomic E-state index is 14.5. The lowest BCUT2D eigenvalue weighted by molar-refractivity contribution is -0.182. The Labute approximate surface area is 229 Å². The summed E-state index contributed by atoms with van der Waals surface area (Å²) >= 11 is 7.36. The van der Waals surface area contributed by atoms with Gasteiger partial charge in [-0.05, 0) is 44.7 Å². The van der Waals surface area contributed by atoms with Crippen LogP contribution in [-0.2, 0) is 34.1 Å². The Morgan fingerprint density at radius 3 is 2.76 bits per heavy atom. The third-order valence-electron chi connectivity index (χ3n) is 7.96. The maximum absolute atomic E-state index is 14.5. The molecule has 6 rings (SSSR count). The number of pyridine rings is 1. The number of ether oxygens (including phenoxy) is 1. The molecule has 0 aromatic carbocycles. The molecule has 2 fully saturated rings. The fourth-order valence-electron chi connectivity index (χ4n) is 5.78. The largest absolute Gasteiger partial charge is 0.363 e. The second kappa shape index (κ2) is 9.97. The highest BCUT2D eigenvalue weighted by Crippen LogP contribution is 2.52. The predicted octanol–water partition coefficient (Wildman–Crippen LogP) is 5.42. The van der Waals surface area contributed by atoms with Crippen molar-refractivity contribution in [3.05, 3.63) is 62.2 Å². The topological polar surface area (TPSA) is 63.5 Å². The zero-order valence-corrected chi connectivity index (χ0v) is 22.8. The predicted molar refractivity (Wildman–Crippen MR) is 141 cm³/mol. The molecule has 2 saturated heterocycles. The Hall–Kier alpha value is -2.40. The van der Waals surface area contributed by atoms with E-state index >= 15 is 0 Å². The first-order valence-electron chi connectivity index (χ1n) is 13.1. The number of likely N-dealkylation sites (tertiary alicyclic amines) is 2. The van der Waals surface area contributed by atoms with Crippen molar-refractivity contribution in [1.29, 1.82) is 0 Å². The quantitative estimate of drug-likeness (QED) is 0.416. The summed E-state index contributed by atoms with van der Waals surface area (Å²) in [5, 5.41) is 4.75. The van der Waals surface area contributed by atoms with Crippen molar-refractivity contribution < 1.29 is 18.3 Å². The second-order valence-corrected chi connectivity index (χ2v) is 12.2. The van der Waals surface area contributed by atoms with Crippen LogP contribution in [0.4, 0.5) is 8.78 Å². The minimum absolute atomic E-state index is 0.0294. The molecule has 1 spiro atoms. The van der Waals surface area contributed by atoms with Crippen molar-refractivity contribution in [1.82, 2.24) is 24.6 Å². The van der Waals surface area contributed by atoms with Crippen LogP contribution in [0.5, 0.6) is 0 Å². The third kappa shape index (κ3) is 4.76. The minimum Gasteiger partial charge on any atom is -0.363 e. The van der Waals surface area contributed by atoms with Gasteiger partial charge in [0.15, 0.2) is 5.82 Å². The number of thiophene rings is 1. The Balaban J connectivity index is 1.16. The van der Waals surface area contributed by atoms with Gasteiger partial charge in [-0.2, -0.15) is 13.9 Å². The molecule has 0 atom stereocenters. The summed E-state index contributed by atoms with van der Waals surface area (Å²) in [6.07, 6.45) is 7.61. The van der Waals surface area contributed by atoms with E-state index in [1.807, 2.05) is 34.8 Å². The van der Waals surface area contributed by atoms with Gasteiger partial charge in [0.1, 0.15) is 12.2 Å². The van der Waals surface area contributed by atoms with E-state index < -0.39 is 18.1 Å². The number of aryl methyl sites for hydroxylation is 1. The highest BCUT2D eigenvalue weighted by atomic mass is 35.5. The highest BCUT2D eigenvalue weighted by Gasteiger charge is 2.51. The van der Waals surface area contributed by atoms with E-state index in [-0.39, 0.29) is 11.5 Å². The summed E-state index contributed by atoms with van der Waals surface area (Å²) in [5.41, 5.74) is 2.30. The van der Waals surface area contributed by atoms with E-state index in [2.05, 4.69) is 9.88 Å². The van der Waals surface area contributed by atoms with Crippen molar-refractivity contribution >= 4 is 28.8 Å². The standard InChI is InChI=1S/C27H30ClF2N5O2S/c1-18-20(16-35(32-18)25-19(5-4-9-31-25)15-34-10-3-2-6-23(34)36)14-33-11-7-26(8-12-33)24-21(13-22(28)38-24)27(29,30)17-37-26/h4-5,9,13,16H,2-3,6-8,10-12,14-15,17H2,1H3. The van der Waals surface area contributed by atoms with Gasteiger partial charge in [0.05, 0.1) is 10.0 Å². The fourth-order valence-corrected chi connectivity index (χ4v) is 7.26. The molecule has 3 aromatic heterocycles. The smallest absolute Gasteiger partial charge is 0.297 e. The molecule has 11 heteroatoms. The number of alkyl halides is 2. The first-order valence-corrected chi connectivity index (χ1v) is 14.3. The fraction of sp³-hybridized carbons (Fsp3) is 0.519. The lowest BCUT2D eigenvalue weighted by atomic mass is 9.84. The average Bonchev–Trinajstić information content (AvgIpc) is 3.49. The van der Waals surface area contributed by atoms with Crippen LogP contribution in [0.25, 0.3) is 5.82 Å². The molecule has 3 aliphatic heterocycles. The summed E-state index contributed by atoms with van der Waals surface area (Å²) in [4.78, 5) is 21.8. The van der Waals surface area contributed by atoms with Crippen LogP contribution in [0.3, 0.4) is 0 Å². The summed E-state index contributed by atoms with van der Waals surface area (Å²) in [6.45, 7) is 4.82. The van der Waals surface area contributed by atoms with E-state index in [0.717, 1.165) is 55.1 Å². The van der Waals surface area contributed by atoms with Gasteiger partial charge in [0.2, 0.25) is 5.91 Å². The number of nitrogens with zero attached hydrogens (tertiary/aromatic N) is 5. The molecule has 202 valence electrons. The Morgan fingerprint density at radius 1 is 1.16 bits per heavy atom. The minimum atomic E-state index is -3.00. The number of hydrogen-bond acceptors (Lipinski definition) is 6. The van der Waals surface area contributed by atoms with Crippen LogP contribution >= 0.6 is 22.9 Å². The van der Waals surface area contributed by atoms with Crippen molar-refractivity contribution in [2.45, 2.75) is 63.6 Å². The lowest BCUT2D eigenvalue weighted by Crippen LogP contribution is -2.48. The number of rotatable bonds is 5. The summed E-state index contributed by atoms with van der Waals surface area (Å²) < 4.78 is 37.0. The number of fused-ring (bicyclic) bond motifs is 2. The molecule has 0 bridgehead atoms. The van der Waals surface area contributed by atoms with Crippen molar-refractivity contribution in [3.8, 4) is 5.82 Å². The molecule has 38 heavy (non-hydrogen) atoms. The first kappa shape index (κ1) is 25.9. The van der Waals surface area contributed by atoms with Gasteiger partial charge in [-0.3, -0.25) is 9.69 Å². The van der Waals surface area contributed by atoms with Crippen LogP contribution < -0.4 is 0 Å². The summed E-state index contributed by atoms with van der Waals surface area (Å²) in [6, 6.07) is 5.30. The van der Waals surface area contributed by atoms with Gasteiger partial charge in [0.25, 0.3) is 5.92 Å². The number of halogens is 3. The maximum Gasteiger partial charge on any atom is 0.297 e. The molecule has 0 radical (unpaired) electrons. The van der Waals surface area contributed by atoms with Crippen LogP contribution in [0.2, 0.25) is 4.34 Å². The van der Waals surface area contributed by atoms with E-state index in [1.54, 1.807) is 6.20 Å². The third-order valence-corrected chi connectivity index (χ3v) is 9.41. The van der Waals surface area contributed by atoms with Gasteiger partial charge in [0, 0.05) is 73.1 Å². The lowest BCUT2D eigenvalue weighted by Gasteiger charge is -2.45. The molecule has 6 heterocycles. The van der Waals surface area contributed by atoms with Crippen molar-refractivity contribution in [3.63, 3.8) is 0 Å². The van der Waals surface area contributed by atoms with E-state index in [1.165, 1.54) is 17.4 Å². The summed E-state index contributed by atoms with van der Waals surface area (Å²) in [5.74, 6) is -2.08. The molecule has 7 nitrogen and oxygen atoms in total. The molecule has 0 aliphatic carbocycles. The Morgan fingerprint density at radius 2 is 1.97 bits per heavy atom. The number of piperidine rings is 2. The molecule has 0 unspecified atom stereocenters. The van der Waals surface area contributed by atoms with Gasteiger partial charge >= 0.3 is 0 Å². The van der Waals surface area contributed by atoms with E-state index in [9.17, 15) is 13.6 Å². The Bertz CT molecular complexity index is 1350. The molecular weight excluding hydrogens is 532 g/mol. The van der Waals surface area contributed by atoms with Crippen LogP contribution in [0.1, 0.15) is 59.4 Å². The van der Waals surface area contributed by atoms with Gasteiger partial charge in [-0.15, -0.1) is 11.3 Å². The Kier molecular flexibility index (Phi) is 6.78. The SMILES string of the molecule is Cc1nn(-c2ncccc2CN2CCCCC2=O)cc1CN1CCC2(CC1)OCC(F)(F)c1cc(Cl)sc12. The normalized spacial score (nSPS) is 21.2. The van der Waals surface area contributed by atoms with Crippen molar-refractivity contribution in [2.75, 3.05) is 26.2 Å². The number of carbonyl (C=O) groups is 1. The molecule has 1 amide bonds. The number of aromatic nitrogens is 3. The van der Waals surface area contributed by atoms with Gasteiger partial charge in [-0.1, -0.05) is 17.7 Å². The number of amides is 1. The van der Waals surface area contributed by atoms with E-state index in [4.69, 9.17) is 21.4 Å². The van der Waals surface area contributed by atoms with Gasteiger partial charge < -0.3 is 9.64 Å². The van der Waals surface area contributed by atoms with Crippen LogP contribution in [0, 0.1) is 6.92 Å². The van der Waals surface area contributed by atoms with Crippen LogP contribution in [0.15, 0.2) is 30.6 Å². The molecule has 0 N–H and O–H groups in total. The monoisotopic (exact) mass is 561 g/mol. The number of carbonyl (C=O) groups excluding carboxylic acids is 1. The molecule has 3 aliphatic rings. The zero-order valence-electron chi connectivity index (χ0n) is 21.3. The average molecular weight is 562 g/mol. The first-order chi connectivity index (χ1) is 18.2. The molecular formula is C27H30ClF2N5O2S. The van der Waals surface area contributed by atoms with E-state index in [0.29, 0.717) is 41.6 Å². The summed E-state index contributed by atoms with van der Waals surface area (Å²) in [7, 11) is 0. The zero-order chi connectivity index (χ0) is 26.5. The molecule has 0 saturated carbocycles.